The van der Waals surface area contributed by atoms with Crippen LogP contribution in [0.5, 0.6) is 0 Å². The molecule has 0 aromatic heterocycles. The lowest BCUT2D eigenvalue weighted by Crippen LogP contribution is -2.68. The Morgan fingerprint density at radius 2 is 0.712 bits per heavy atom. The number of ether oxygens (including phenoxy) is 8. The summed E-state index contributed by atoms with van der Waals surface area (Å²) in [5.41, 5.74) is 0. The monoisotopic (exact) mass is 770 g/mol. The normalized spacial score (nSPS) is 48.7. The number of hydrogen-bond donors (Lipinski definition) is 16. The van der Waals surface area contributed by atoms with Crippen molar-refractivity contribution >= 4 is 0 Å². The molecule has 4 rings (SSSR count). The molecule has 0 unspecified atom stereocenters. The summed E-state index contributed by atoms with van der Waals surface area (Å²) in [6.45, 7) is -5.36. The van der Waals surface area contributed by atoms with Crippen LogP contribution in [0.4, 0.5) is 0 Å². The second kappa shape index (κ2) is 19.3. The molecule has 52 heavy (non-hydrogen) atoms. The molecule has 306 valence electrons. The van der Waals surface area contributed by atoms with Crippen molar-refractivity contribution in [3.63, 3.8) is 0 Å². The van der Waals surface area contributed by atoms with Crippen LogP contribution in [0, 0.1) is 0 Å². The third kappa shape index (κ3) is 9.18. The molecule has 0 aromatic rings. The van der Waals surface area contributed by atoms with Crippen LogP contribution in [0.1, 0.15) is 0 Å². The van der Waals surface area contributed by atoms with Crippen LogP contribution >= 0.6 is 0 Å². The van der Waals surface area contributed by atoms with Crippen LogP contribution in [0.2, 0.25) is 0 Å². The van der Waals surface area contributed by atoms with E-state index in [1.54, 1.807) is 0 Å². The van der Waals surface area contributed by atoms with Crippen molar-refractivity contribution in [3.8, 4) is 0 Å². The SMILES string of the molecule is OC[C@@H](O)[C@H](CO)O[C@@H]1O[C@H](CO)[C@H](O)[C@H](O[C@@H]2O[C@H](CO)[C@H](O)[C@H](O[C@@H]3O[C@H](CO)[C@H](O)[C@H](O[C@@H]4O[C@H](CO)[C@H](O)[C@H](O)[C@H]4O)[C@H]3O)[C@H]2O)[C@H]1O. The largest absolute Gasteiger partial charge is 0.394 e. The van der Waals surface area contributed by atoms with E-state index >= 15 is 0 Å². The number of aliphatic hydroxyl groups is 16. The minimum Gasteiger partial charge on any atom is -0.394 e. The van der Waals surface area contributed by atoms with Crippen molar-refractivity contribution < 1.29 is 120 Å². The third-order valence-corrected chi connectivity index (χ3v) is 9.29. The molecular weight excluding hydrogens is 720 g/mol. The van der Waals surface area contributed by atoms with Crippen molar-refractivity contribution in [2.45, 2.75) is 135 Å². The molecule has 0 aromatic carbocycles. The average Bonchev–Trinajstić information content (AvgIpc) is 3.14. The van der Waals surface area contributed by atoms with Gasteiger partial charge >= 0.3 is 0 Å². The molecule has 22 atom stereocenters. The van der Waals surface area contributed by atoms with Crippen molar-refractivity contribution in [1.29, 1.82) is 0 Å². The lowest BCUT2D eigenvalue weighted by atomic mass is 9.95. The topological polar surface area (TPSA) is 398 Å². The summed E-state index contributed by atoms with van der Waals surface area (Å²) in [5, 5.41) is 164. The molecule has 4 heterocycles. The van der Waals surface area contributed by atoms with E-state index < -0.39 is 175 Å². The molecule has 0 aliphatic carbocycles. The van der Waals surface area contributed by atoms with Gasteiger partial charge in [0.2, 0.25) is 0 Å². The molecule has 4 aliphatic rings. The second-order valence-corrected chi connectivity index (χ2v) is 12.7. The van der Waals surface area contributed by atoms with Gasteiger partial charge < -0.3 is 120 Å². The first-order valence-corrected chi connectivity index (χ1v) is 16.4. The first-order chi connectivity index (χ1) is 24.7. The summed E-state index contributed by atoms with van der Waals surface area (Å²) >= 11 is 0. The van der Waals surface area contributed by atoms with Gasteiger partial charge in [-0.3, -0.25) is 0 Å². The molecule has 0 bridgehead atoms. The lowest BCUT2D eigenvalue weighted by Gasteiger charge is -2.49. The molecule has 0 saturated carbocycles. The van der Waals surface area contributed by atoms with Gasteiger partial charge in [0.25, 0.3) is 0 Å². The third-order valence-electron chi connectivity index (χ3n) is 9.29. The van der Waals surface area contributed by atoms with Crippen LogP contribution in [-0.4, -0.2) is 256 Å². The number of hydrogen-bond acceptors (Lipinski definition) is 24. The maximum Gasteiger partial charge on any atom is 0.187 e. The van der Waals surface area contributed by atoms with E-state index in [0.29, 0.717) is 0 Å². The molecule has 4 aliphatic heterocycles. The lowest BCUT2D eigenvalue weighted by molar-refractivity contribution is -0.392. The highest BCUT2D eigenvalue weighted by Crippen LogP contribution is 2.34. The fourth-order valence-corrected chi connectivity index (χ4v) is 6.17. The first-order valence-electron chi connectivity index (χ1n) is 16.4. The zero-order valence-electron chi connectivity index (χ0n) is 27.4. The molecule has 4 fully saturated rings. The van der Waals surface area contributed by atoms with E-state index in [2.05, 4.69) is 0 Å². The Morgan fingerprint density at radius 3 is 1.06 bits per heavy atom. The Balaban J connectivity index is 1.54. The second-order valence-electron chi connectivity index (χ2n) is 12.7. The van der Waals surface area contributed by atoms with Crippen LogP contribution in [0.15, 0.2) is 0 Å². The van der Waals surface area contributed by atoms with Crippen molar-refractivity contribution in [2.24, 2.45) is 0 Å². The van der Waals surface area contributed by atoms with Gasteiger partial charge in [-0.1, -0.05) is 0 Å². The Bertz CT molecular complexity index is 1060. The maximum atomic E-state index is 11.3. The van der Waals surface area contributed by atoms with E-state index in [-0.39, 0.29) is 0 Å². The molecule has 0 radical (unpaired) electrons. The van der Waals surface area contributed by atoms with E-state index in [1.807, 2.05) is 0 Å². The molecule has 24 nitrogen and oxygen atoms in total. The minimum atomic E-state index is -2.13. The summed E-state index contributed by atoms with van der Waals surface area (Å²) in [4.78, 5) is 0. The van der Waals surface area contributed by atoms with Gasteiger partial charge in [0, 0.05) is 0 Å². The smallest absolute Gasteiger partial charge is 0.187 e. The quantitative estimate of drug-likeness (QED) is 0.0735. The summed E-state index contributed by atoms with van der Waals surface area (Å²) < 4.78 is 43.7. The van der Waals surface area contributed by atoms with Crippen molar-refractivity contribution in [2.75, 3.05) is 39.6 Å². The van der Waals surface area contributed by atoms with Crippen LogP contribution in [-0.2, 0) is 37.9 Å². The standard InChI is InChI=1S/C28H50O24/c29-1-7(35)8(2-30)45-26-19(42)22(14(37)10(4-32)47-26)51-28-21(44)24(16(39)12(6-34)49-28)52-27-20(43)23(15(38)11(5-33)48-27)50-25-18(41)17(40)13(36)9(3-31)46-25/h7-44H,1-6H2/t7-,8+,9-,10-,11-,12-,13+,14+,15+,16+,17+,18-,19-,20-,21-,22+,23+,24+,25+,26-,27+,28+/m1/s1. The van der Waals surface area contributed by atoms with Crippen molar-refractivity contribution in [1.82, 2.24) is 0 Å². The Hall–Kier alpha value is -0.960. The molecule has 16 N–H and O–H groups in total. The van der Waals surface area contributed by atoms with Gasteiger partial charge in [0.15, 0.2) is 25.2 Å². The molecular formula is C28H50O24. The van der Waals surface area contributed by atoms with Crippen LogP contribution in [0.25, 0.3) is 0 Å². The molecule has 0 spiro atoms. The van der Waals surface area contributed by atoms with E-state index in [0.717, 1.165) is 0 Å². The Labute approximate surface area is 294 Å². The molecule has 0 amide bonds. The van der Waals surface area contributed by atoms with Crippen LogP contribution in [0.3, 0.4) is 0 Å². The Kier molecular flexibility index (Phi) is 16.2. The van der Waals surface area contributed by atoms with E-state index in [1.165, 1.54) is 0 Å². The molecule has 24 heteroatoms. The fraction of sp³-hybridized carbons (Fsp3) is 1.00. The summed E-state index contributed by atoms with van der Waals surface area (Å²) in [7, 11) is 0. The Morgan fingerprint density at radius 1 is 0.385 bits per heavy atom. The van der Waals surface area contributed by atoms with Crippen molar-refractivity contribution in [3.05, 3.63) is 0 Å². The highest BCUT2D eigenvalue weighted by molar-refractivity contribution is 4.98. The van der Waals surface area contributed by atoms with Gasteiger partial charge in [-0.05, 0) is 0 Å². The molecule has 4 saturated heterocycles. The zero-order chi connectivity index (χ0) is 38.6. The average molecular weight is 771 g/mol. The van der Waals surface area contributed by atoms with Gasteiger partial charge in [-0.25, -0.2) is 0 Å². The fourth-order valence-electron chi connectivity index (χ4n) is 6.17. The summed E-state index contributed by atoms with van der Waals surface area (Å²) in [5.74, 6) is 0. The van der Waals surface area contributed by atoms with E-state index in [4.69, 9.17) is 37.9 Å². The van der Waals surface area contributed by atoms with Crippen LogP contribution < -0.4 is 0 Å². The zero-order valence-corrected chi connectivity index (χ0v) is 27.4. The maximum absolute atomic E-state index is 11.3. The van der Waals surface area contributed by atoms with E-state index in [9.17, 15) is 81.7 Å². The summed E-state index contributed by atoms with van der Waals surface area (Å²) in [6.07, 6.45) is -40.4. The van der Waals surface area contributed by atoms with Gasteiger partial charge in [0.05, 0.1) is 39.6 Å². The predicted octanol–water partition coefficient (Wildman–Crippen LogP) is -11.0. The number of rotatable bonds is 15. The van der Waals surface area contributed by atoms with Gasteiger partial charge in [-0.2, -0.15) is 0 Å². The highest BCUT2D eigenvalue weighted by Gasteiger charge is 2.55. The first kappa shape index (κ1) is 43.8. The summed E-state index contributed by atoms with van der Waals surface area (Å²) in [6, 6.07) is 0. The van der Waals surface area contributed by atoms with Gasteiger partial charge in [0.1, 0.15) is 110 Å². The minimum absolute atomic E-state index is 0.838. The van der Waals surface area contributed by atoms with Gasteiger partial charge in [-0.15, -0.1) is 0 Å². The highest BCUT2D eigenvalue weighted by atomic mass is 16.8. The predicted molar refractivity (Wildman–Crippen MR) is 157 cm³/mol. The number of aliphatic hydroxyl groups excluding tert-OH is 16.